The van der Waals surface area contributed by atoms with E-state index in [0.29, 0.717) is 49.6 Å². The lowest BCUT2D eigenvalue weighted by atomic mass is 10.3. The van der Waals surface area contributed by atoms with Gasteiger partial charge in [-0.25, -0.2) is 4.98 Å². The first-order chi connectivity index (χ1) is 9.18. The van der Waals surface area contributed by atoms with E-state index in [-0.39, 0.29) is 11.5 Å². The third-order valence-corrected chi connectivity index (χ3v) is 3.53. The number of aromatic amines is 1. The van der Waals surface area contributed by atoms with E-state index in [1.807, 2.05) is 0 Å². The number of H-pyrrole nitrogens is 1. The Kier molecular flexibility index (Phi) is 4.92. The second-order valence-corrected chi connectivity index (χ2v) is 4.86. The molecular formula is C11H15BrN4O3. The number of morpholine rings is 1. The van der Waals surface area contributed by atoms with Crippen molar-refractivity contribution in [3.05, 3.63) is 21.2 Å². The van der Waals surface area contributed by atoms with Crippen LogP contribution in [0.4, 0.5) is 5.82 Å². The number of anilines is 1. The van der Waals surface area contributed by atoms with Crippen LogP contribution in [-0.4, -0.2) is 53.6 Å². The smallest absolute Gasteiger partial charge is 0.267 e. The van der Waals surface area contributed by atoms with Crippen molar-refractivity contribution >= 4 is 27.7 Å². The fourth-order valence-corrected chi connectivity index (χ4v) is 2.12. The van der Waals surface area contributed by atoms with E-state index in [0.717, 1.165) is 0 Å². The predicted octanol–water partition coefficient (Wildman–Crippen LogP) is 0.193. The van der Waals surface area contributed by atoms with Gasteiger partial charge in [0, 0.05) is 26.1 Å². The average Bonchev–Trinajstić information content (AvgIpc) is 2.44. The molecule has 1 aromatic rings. The maximum absolute atomic E-state index is 11.9. The zero-order valence-electron chi connectivity index (χ0n) is 10.3. The molecule has 0 aliphatic carbocycles. The van der Waals surface area contributed by atoms with Gasteiger partial charge in [0.2, 0.25) is 5.91 Å². The molecule has 0 radical (unpaired) electrons. The Morgan fingerprint density at radius 3 is 3.00 bits per heavy atom. The lowest BCUT2D eigenvalue weighted by molar-refractivity contribution is -0.134. The highest BCUT2D eigenvalue weighted by molar-refractivity contribution is 9.10. The van der Waals surface area contributed by atoms with E-state index in [1.165, 1.54) is 6.33 Å². The molecule has 1 fully saturated rings. The van der Waals surface area contributed by atoms with Crippen molar-refractivity contribution in [3.8, 4) is 0 Å². The molecule has 2 rings (SSSR count). The molecular weight excluding hydrogens is 316 g/mol. The summed E-state index contributed by atoms with van der Waals surface area (Å²) in [6.07, 6.45) is 1.68. The van der Waals surface area contributed by atoms with Gasteiger partial charge < -0.3 is 19.9 Å². The minimum atomic E-state index is -0.253. The molecule has 1 aliphatic heterocycles. The predicted molar refractivity (Wildman–Crippen MR) is 73.1 cm³/mol. The Bertz CT molecular complexity index is 499. The van der Waals surface area contributed by atoms with Crippen molar-refractivity contribution in [2.75, 3.05) is 38.2 Å². The van der Waals surface area contributed by atoms with Crippen molar-refractivity contribution in [2.24, 2.45) is 0 Å². The number of aromatic nitrogens is 2. The number of carbonyl (C=O) groups excluding carboxylic acids is 1. The third kappa shape index (κ3) is 3.77. The van der Waals surface area contributed by atoms with Gasteiger partial charge in [0.25, 0.3) is 5.56 Å². The van der Waals surface area contributed by atoms with Crippen LogP contribution in [0.15, 0.2) is 15.6 Å². The topological polar surface area (TPSA) is 87.3 Å². The monoisotopic (exact) mass is 330 g/mol. The standard InChI is InChI=1S/C11H15BrN4O3/c12-9-10(14-7-15-11(9)18)13-2-1-8(17)16-3-5-19-6-4-16/h7H,1-6H2,(H2,13,14,15,18). The maximum atomic E-state index is 11.9. The van der Waals surface area contributed by atoms with Gasteiger partial charge in [-0.15, -0.1) is 0 Å². The van der Waals surface area contributed by atoms with E-state index >= 15 is 0 Å². The SMILES string of the molecule is O=C(CCNc1nc[nH]c(=O)c1Br)N1CCOCC1. The zero-order valence-corrected chi connectivity index (χ0v) is 11.9. The molecule has 0 unspecified atom stereocenters. The highest BCUT2D eigenvalue weighted by Crippen LogP contribution is 2.12. The molecule has 0 atom stereocenters. The molecule has 1 aliphatic rings. The van der Waals surface area contributed by atoms with E-state index in [1.54, 1.807) is 4.90 Å². The number of nitrogens with zero attached hydrogens (tertiary/aromatic N) is 2. The van der Waals surface area contributed by atoms with E-state index < -0.39 is 0 Å². The second kappa shape index (κ2) is 6.67. The Labute approximate surface area is 118 Å². The molecule has 2 heterocycles. The number of ether oxygens (including phenoxy) is 1. The second-order valence-electron chi connectivity index (χ2n) is 4.06. The largest absolute Gasteiger partial charge is 0.378 e. The molecule has 1 saturated heterocycles. The van der Waals surface area contributed by atoms with Crippen LogP contribution >= 0.6 is 15.9 Å². The van der Waals surface area contributed by atoms with Gasteiger partial charge in [0.05, 0.1) is 19.5 Å². The van der Waals surface area contributed by atoms with Gasteiger partial charge in [0.15, 0.2) is 0 Å². The minimum absolute atomic E-state index is 0.0803. The molecule has 2 N–H and O–H groups in total. The summed E-state index contributed by atoms with van der Waals surface area (Å²) in [6.45, 7) is 2.92. The molecule has 1 amide bonds. The summed E-state index contributed by atoms with van der Waals surface area (Å²) in [7, 11) is 0. The Balaban J connectivity index is 1.81. The highest BCUT2D eigenvalue weighted by Gasteiger charge is 2.16. The lowest BCUT2D eigenvalue weighted by Crippen LogP contribution is -2.41. The normalized spacial score (nSPS) is 15.3. The molecule has 104 valence electrons. The summed E-state index contributed by atoms with van der Waals surface area (Å²) in [5.41, 5.74) is -0.253. The summed E-state index contributed by atoms with van der Waals surface area (Å²) in [5.74, 6) is 0.523. The number of nitrogens with one attached hydrogen (secondary N) is 2. The molecule has 7 nitrogen and oxygen atoms in total. The fraction of sp³-hybridized carbons (Fsp3) is 0.545. The molecule has 8 heteroatoms. The summed E-state index contributed by atoms with van der Waals surface area (Å²) < 4.78 is 5.53. The van der Waals surface area contributed by atoms with Crippen LogP contribution in [-0.2, 0) is 9.53 Å². The number of halogens is 1. The van der Waals surface area contributed by atoms with Gasteiger partial charge in [-0.3, -0.25) is 9.59 Å². The number of amides is 1. The first-order valence-electron chi connectivity index (χ1n) is 6.01. The Hall–Kier alpha value is -1.41. The van der Waals surface area contributed by atoms with Gasteiger partial charge in [-0.1, -0.05) is 0 Å². The molecule has 0 aromatic carbocycles. The molecule has 0 spiro atoms. The highest BCUT2D eigenvalue weighted by atomic mass is 79.9. The number of hydrogen-bond acceptors (Lipinski definition) is 5. The van der Waals surface area contributed by atoms with Crippen LogP contribution in [0.3, 0.4) is 0 Å². The Morgan fingerprint density at radius 1 is 1.53 bits per heavy atom. The molecule has 0 saturated carbocycles. The van der Waals surface area contributed by atoms with E-state index in [9.17, 15) is 9.59 Å². The van der Waals surface area contributed by atoms with Crippen LogP contribution in [0.25, 0.3) is 0 Å². The summed E-state index contributed by atoms with van der Waals surface area (Å²) in [5, 5.41) is 2.97. The number of hydrogen-bond donors (Lipinski definition) is 2. The molecule has 19 heavy (non-hydrogen) atoms. The van der Waals surface area contributed by atoms with Crippen LogP contribution in [0.1, 0.15) is 6.42 Å². The minimum Gasteiger partial charge on any atom is -0.378 e. The van der Waals surface area contributed by atoms with Gasteiger partial charge in [-0.2, -0.15) is 0 Å². The van der Waals surface area contributed by atoms with Gasteiger partial charge in [0.1, 0.15) is 10.3 Å². The third-order valence-electron chi connectivity index (χ3n) is 2.79. The van der Waals surface area contributed by atoms with Crippen LogP contribution in [0.5, 0.6) is 0 Å². The quantitative estimate of drug-likeness (QED) is 0.823. The maximum Gasteiger partial charge on any atom is 0.267 e. The number of rotatable bonds is 4. The average molecular weight is 331 g/mol. The lowest BCUT2D eigenvalue weighted by Gasteiger charge is -2.26. The van der Waals surface area contributed by atoms with E-state index in [4.69, 9.17) is 4.74 Å². The van der Waals surface area contributed by atoms with Crippen LogP contribution < -0.4 is 10.9 Å². The summed E-state index contributed by atoms with van der Waals surface area (Å²) in [4.78, 5) is 31.4. The summed E-state index contributed by atoms with van der Waals surface area (Å²) in [6, 6.07) is 0. The first kappa shape index (κ1) is 14.0. The Morgan fingerprint density at radius 2 is 2.26 bits per heavy atom. The molecule has 0 bridgehead atoms. The van der Waals surface area contributed by atoms with Crippen molar-refractivity contribution in [3.63, 3.8) is 0 Å². The van der Waals surface area contributed by atoms with Gasteiger partial charge in [-0.05, 0) is 15.9 Å². The van der Waals surface area contributed by atoms with Crippen molar-refractivity contribution in [2.45, 2.75) is 6.42 Å². The van der Waals surface area contributed by atoms with Crippen LogP contribution in [0.2, 0.25) is 0 Å². The molecule has 1 aromatic heterocycles. The van der Waals surface area contributed by atoms with Crippen molar-refractivity contribution < 1.29 is 9.53 Å². The van der Waals surface area contributed by atoms with Crippen molar-refractivity contribution in [1.82, 2.24) is 14.9 Å². The number of carbonyl (C=O) groups is 1. The van der Waals surface area contributed by atoms with Crippen LogP contribution in [0, 0.1) is 0 Å². The van der Waals surface area contributed by atoms with E-state index in [2.05, 4.69) is 31.2 Å². The fourth-order valence-electron chi connectivity index (χ4n) is 1.76. The first-order valence-corrected chi connectivity index (χ1v) is 6.80. The van der Waals surface area contributed by atoms with Crippen molar-refractivity contribution in [1.29, 1.82) is 0 Å². The zero-order chi connectivity index (χ0) is 13.7. The summed E-state index contributed by atoms with van der Waals surface area (Å²) >= 11 is 3.14. The van der Waals surface area contributed by atoms with Gasteiger partial charge >= 0.3 is 0 Å².